The largest absolute Gasteiger partial charge is 0.321 e. The molecule has 4 heteroatoms. The van der Waals surface area contributed by atoms with Crippen molar-refractivity contribution in [1.82, 2.24) is 4.98 Å². The van der Waals surface area contributed by atoms with Gasteiger partial charge in [0.25, 0.3) is 5.91 Å². The van der Waals surface area contributed by atoms with Gasteiger partial charge in [0.15, 0.2) is 0 Å². The number of amides is 1. The predicted octanol–water partition coefficient (Wildman–Crippen LogP) is 4.40. The van der Waals surface area contributed by atoms with Crippen molar-refractivity contribution >= 4 is 22.9 Å². The molecular formula is C16H18N2OS. The maximum atomic E-state index is 12.2. The van der Waals surface area contributed by atoms with Gasteiger partial charge in [0.1, 0.15) is 4.88 Å². The second-order valence-electron chi connectivity index (χ2n) is 5.57. The van der Waals surface area contributed by atoms with Crippen LogP contribution in [-0.4, -0.2) is 10.9 Å². The Kier molecular flexibility index (Phi) is 3.57. The number of aromatic nitrogens is 1. The first-order valence-corrected chi connectivity index (χ1v) is 7.82. The van der Waals surface area contributed by atoms with Crippen molar-refractivity contribution in [3.8, 4) is 0 Å². The Morgan fingerprint density at radius 2 is 2.20 bits per heavy atom. The van der Waals surface area contributed by atoms with Crippen molar-refractivity contribution in [3.63, 3.8) is 0 Å². The van der Waals surface area contributed by atoms with Crippen LogP contribution in [0.5, 0.6) is 0 Å². The Morgan fingerprint density at radius 1 is 1.40 bits per heavy atom. The predicted molar refractivity (Wildman–Crippen MR) is 82.6 cm³/mol. The minimum atomic E-state index is -0.0599. The summed E-state index contributed by atoms with van der Waals surface area (Å²) in [5.74, 6) is 0.998. The summed E-state index contributed by atoms with van der Waals surface area (Å²) in [6, 6.07) is 8.02. The summed E-state index contributed by atoms with van der Waals surface area (Å²) in [4.78, 5) is 17.3. The topological polar surface area (TPSA) is 42.0 Å². The molecule has 20 heavy (non-hydrogen) atoms. The Labute approximate surface area is 123 Å². The molecule has 1 aliphatic rings. The van der Waals surface area contributed by atoms with Gasteiger partial charge in [0, 0.05) is 11.6 Å². The van der Waals surface area contributed by atoms with Gasteiger partial charge in [-0.15, -0.1) is 11.3 Å². The number of hydrogen-bond acceptors (Lipinski definition) is 3. The van der Waals surface area contributed by atoms with Gasteiger partial charge in [0.2, 0.25) is 0 Å². The number of thiazole rings is 1. The average Bonchev–Trinajstić information content (AvgIpc) is 3.16. The zero-order valence-electron chi connectivity index (χ0n) is 11.7. The van der Waals surface area contributed by atoms with Crippen molar-refractivity contribution < 1.29 is 4.79 Å². The lowest BCUT2D eigenvalue weighted by atomic mass is 10.0. The van der Waals surface area contributed by atoms with E-state index in [-0.39, 0.29) is 5.91 Å². The number of carbonyl (C=O) groups is 1. The number of carbonyl (C=O) groups excluding carboxylic acids is 1. The monoisotopic (exact) mass is 286 g/mol. The van der Waals surface area contributed by atoms with Crippen LogP contribution in [0.1, 0.15) is 58.8 Å². The molecule has 3 rings (SSSR count). The van der Waals surface area contributed by atoms with E-state index in [1.54, 1.807) is 6.20 Å². The van der Waals surface area contributed by atoms with E-state index in [9.17, 15) is 4.79 Å². The lowest BCUT2D eigenvalue weighted by Crippen LogP contribution is -2.10. The van der Waals surface area contributed by atoms with Crippen molar-refractivity contribution in [2.45, 2.75) is 38.5 Å². The van der Waals surface area contributed by atoms with Gasteiger partial charge in [-0.3, -0.25) is 4.79 Å². The Balaban J connectivity index is 1.72. The van der Waals surface area contributed by atoms with E-state index in [1.165, 1.54) is 29.7 Å². The molecule has 1 saturated carbocycles. The van der Waals surface area contributed by atoms with Crippen molar-refractivity contribution in [2.24, 2.45) is 0 Å². The summed E-state index contributed by atoms with van der Waals surface area (Å²) in [5.41, 5.74) is 2.08. The minimum absolute atomic E-state index is 0.0599. The van der Waals surface area contributed by atoms with Crippen LogP contribution < -0.4 is 5.32 Å². The van der Waals surface area contributed by atoms with E-state index in [0.29, 0.717) is 16.7 Å². The van der Waals surface area contributed by atoms with Crippen molar-refractivity contribution in [1.29, 1.82) is 0 Å². The van der Waals surface area contributed by atoms with Crippen LogP contribution in [0.2, 0.25) is 0 Å². The summed E-state index contributed by atoms with van der Waals surface area (Å²) in [6.07, 6.45) is 4.12. The number of anilines is 1. The van der Waals surface area contributed by atoms with Gasteiger partial charge in [-0.1, -0.05) is 26.0 Å². The molecule has 1 aromatic carbocycles. The molecule has 1 heterocycles. The molecule has 0 spiro atoms. The van der Waals surface area contributed by atoms with Gasteiger partial charge in [-0.2, -0.15) is 0 Å². The summed E-state index contributed by atoms with van der Waals surface area (Å²) in [7, 11) is 0. The molecule has 0 atom stereocenters. The summed E-state index contributed by atoms with van der Waals surface area (Å²) in [6.45, 7) is 4.29. The molecule has 0 bridgehead atoms. The third-order valence-corrected chi connectivity index (χ3v) is 4.64. The Bertz CT molecular complexity index is 629. The van der Waals surface area contributed by atoms with Crippen LogP contribution >= 0.6 is 11.3 Å². The van der Waals surface area contributed by atoms with E-state index in [0.717, 1.165) is 10.7 Å². The first-order valence-electron chi connectivity index (χ1n) is 7.00. The summed E-state index contributed by atoms with van der Waals surface area (Å²) in [5, 5.41) is 4.06. The normalized spacial score (nSPS) is 14.6. The van der Waals surface area contributed by atoms with Gasteiger partial charge >= 0.3 is 0 Å². The molecule has 2 aromatic rings. The maximum absolute atomic E-state index is 12.2. The molecule has 1 N–H and O–H groups in total. The molecule has 0 saturated heterocycles. The fraction of sp³-hybridized carbons (Fsp3) is 0.375. The second kappa shape index (κ2) is 5.37. The van der Waals surface area contributed by atoms with E-state index in [4.69, 9.17) is 0 Å². The Morgan fingerprint density at radius 3 is 2.90 bits per heavy atom. The SMILES string of the molecule is CC(C)c1cccc(NC(=O)c2cnc(C3CC3)s2)c1. The zero-order chi connectivity index (χ0) is 14.1. The smallest absolute Gasteiger partial charge is 0.267 e. The first-order chi connectivity index (χ1) is 9.63. The van der Waals surface area contributed by atoms with Gasteiger partial charge in [-0.05, 0) is 36.5 Å². The molecule has 1 aliphatic carbocycles. The minimum Gasteiger partial charge on any atom is -0.321 e. The van der Waals surface area contributed by atoms with Gasteiger partial charge in [-0.25, -0.2) is 4.98 Å². The van der Waals surface area contributed by atoms with Crippen LogP contribution in [0.25, 0.3) is 0 Å². The summed E-state index contributed by atoms with van der Waals surface area (Å²) >= 11 is 1.52. The summed E-state index contributed by atoms with van der Waals surface area (Å²) < 4.78 is 0. The van der Waals surface area contributed by atoms with Crippen molar-refractivity contribution in [2.75, 3.05) is 5.32 Å². The van der Waals surface area contributed by atoms with E-state index < -0.39 is 0 Å². The van der Waals surface area contributed by atoms with E-state index in [2.05, 4.69) is 30.2 Å². The number of benzene rings is 1. The number of rotatable bonds is 4. The number of nitrogens with one attached hydrogen (secondary N) is 1. The fourth-order valence-electron chi connectivity index (χ4n) is 2.08. The molecule has 1 amide bonds. The molecule has 0 radical (unpaired) electrons. The highest BCUT2D eigenvalue weighted by Gasteiger charge is 2.27. The zero-order valence-corrected chi connectivity index (χ0v) is 12.5. The van der Waals surface area contributed by atoms with Gasteiger partial charge < -0.3 is 5.32 Å². The molecule has 104 valence electrons. The van der Waals surface area contributed by atoms with Crippen LogP contribution in [0.4, 0.5) is 5.69 Å². The quantitative estimate of drug-likeness (QED) is 0.905. The highest BCUT2D eigenvalue weighted by Crippen LogP contribution is 2.41. The molecule has 0 unspecified atom stereocenters. The molecular weight excluding hydrogens is 268 g/mol. The fourth-order valence-corrected chi connectivity index (χ4v) is 3.06. The van der Waals surface area contributed by atoms with Crippen LogP contribution in [0.3, 0.4) is 0 Å². The van der Waals surface area contributed by atoms with E-state index in [1.807, 2.05) is 18.2 Å². The molecule has 1 aromatic heterocycles. The first kappa shape index (κ1) is 13.3. The van der Waals surface area contributed by atoms with Crippen molar-refractivity contribution in [3.05, 3.63) is 45.9 Å². The molecule has 0 aliphatic heterocycles. The highest BCUT2D eigenvalue weighted by molar-refractivity contribution is 7.13. The number of hydrogen-bond donors (Lipinski definition) is 1. The standard InChI is InChI=1S/C16H18N2OS/c1-10(2)12-4-3-5-13(8-12)18-15(19)14-9-17-16(20-14)11-6-7-11/h3-5,8-11H,6-7H2,1-2H3,(H,18,19). The maximum Gasteiger partial charge on any atom is 0.267 e. The van der Waals surface area contributed by atoms with E-state index >= 15 is 0 Å². The van der Waals surface area contributed by atoms with Gasteiger partial charge in [0.05, 0.1) is 11.2 Å². The third kappa shape index (κ3) is 2.90. The van der Waals surface area contributed by atoms with Crippen LogP contribution in [0.15, 0.2) is 30.5 Å². The van der Waals surface area contributed by atoms with Crippen LogP contribution in [-0.2, 0) is 0 Å². The number of nitrogens with zero attached hydrogens (tertiary/aromatic N) is 1. The average molecular weight is 286 g/mol. The second-order valence-corrected chi connectivity index (χ2v) is 6.63. The lowest BCUT2D eigenvalue weighted by Gasteiger charge is -2.08. The molecule has 1 fully saturated rings. The lowest BCUT2D eigenvalue weighted by molar-refractivity contribution is 0.103. The molecule has 3 nitrogen and oxygen atoms in total. The highest BCUT2D eigenvalue weighted by atomic mass is 32.1. The van der Waals surface area contributed by atoms with Crippen LogP contribution in [0, 0.1) is 0 Å². The third-order valence-electron chi connectivity index (χ3n) is 3.49. The Hall–Kier alpha value is -1.68.